The number of nitrogens with one attached hydrogen (secondary N) is 1. The third-order valence-corrected chi connectivity index (χ3v) is 8.35. The van der Waals surface area contributed by atoms with Gasteiger partial charge in [-0.05, 0) is 35.6 Å². The van der Waals surface area contributed by atoms with Crippen molar-refractivity contribution < 1.29 is 4.79 Å². The van der Waals surface area contributed by atoms with Gasteiger partial charge in [0, 0.05) is 0 Å². The number of carbonyl (C=O) groups excluding carboxylic acids is 1. The minimum absolute atomic E-state index is 0.0453. The van der Waals surface area contributed by atoms with Gasteiger partial charge in [-0.2, -0.15) is 0 Å². The lowest BCUT2D eigenvalue weighted by atomic mass is 9.81. The van der Waals surface area contributed by atoms with Crippen molar-refractivity contribution in [3.8, 4) is 0 Å². The topological polar surface area (TPSA) is 29.1 Å². The molecular weight excluding hydrogens is 310 g/mol. The van der Waals surface area contributed by atoms with Gasteiger partial charge < -0.3 is 5.32 Å². The highest BCUT2D eigenvalue weighted by molar-refractivity contribution is 8.27. The zero-order valence-electron chi connectivity index (χ0n) is 13.6. The molecule has 1 saturated carbocycles. The molecule has 1 N–H and O–H groups in total. The number of amides is 1. The molecule has 0 unspecified atom stereocenters. The maximum absolute atomic E-state index is 12.6. The van der Waals surface area contributed by atoms with Crippen LogP contribution < -0.4 is 5.32 Å². The fourth-order valence-electron chi connectivity index (χ4n) is 3.54. The van der Waals surface area contributed by atoms with E-state index in [9.17, 15) is 4.79 Å². The Morgan fingerprint density at radius 3 is 2.27 bits per heavy atom. The average molecular weight is 336 g/mol. The summed E-state index contributed by atoms with van der Waals surface area (Å²) in [6, 6.07) is 10.5. The Kier molecular flexibility index (Phi) is 4.28. The maximum Gasteiger partial charge on any atom is 0.281 e. The molecule has 22 heavy (non-hydrogen) atoms. The normalized spacial score (nSPS) is 28.4. The van der Waals surface area contributed by atoms with E-state index in [4.69, 9.17) is 0 Å². The molecule has 120 valence electrons. The molecule has 0 radical (unpaired) electrons. The van der Waals surface area contributed by atoms with Crippen LogP contribution in [-0.4, -0.2) is 9.32 Å². The number of carbonyl (C=O) groups is 1. The second kappa shape index (κ2) is 5.79. The summed E-state index contributed by atoms with van der Waals surface area (Å²) in [6.07, 6.45) is 6.06. The summed E-state index contributed by atoms with van der Waals surface area (Å²) in [6.45, 7) is 6.71. The quantitative estimate of drug-likeness (QED) is 0.710. The number of thioether (sulfide) groups is 2. The minimum Gasteiger partial charge on any atom is -0.328 e. The molecule has 1 saturated heterocycles. The summed E-state index contributed by atoms with van der Waals surface area (Å²) < 4.78 is 0.0453. The molecule has 1 aliphatic heterocycles. The molecule has 1 amide bonds. The van der Waals surface area contributed by atoms with Crippen molar-refractivity contribution in [2.45, 2.75) is 61.8 Å². The van der Waals surface area contributed by atoms with Crippen molar-refractivity contribution in [3.63, 3.8) is 0 Å². The van der Waals surface area contributed by atoms with Crippen LogP contribution >= 0.6 is 23.5 Å². The molecular formula is C18H25NOS2. The Bertz CT molecular complexity index is 546. The zero-order valence-corrected chi connectivity index (χ0v) is 15.3. The SMILES string of the molecule is CC(C)(C)[C@]1(c2ccccc2)NC(=O)SC2(CCCCC2)S1. The predicted octanol–water partition coefficient (Wildman–Crippen LogP) is 5.74. The van der Waals surface area contributed by atoms with E-state index in [0.717, 1.165) is 12.8 Å². The first-order valence-corrected chi connectivity index (χ1v) is 9.77. The number of hydrogen-bond acceptors (Lipinski definition) is 3. The number of rotatable bonds is 1. The van der Waals surface area contributed by atoms with E-state index in [1.165, 1.54) is 36.6 Å². The van der Waals surface area contributed by atoms with Crippen LogP contribution in [0.5, 0.6) is 0 Å². The third-order valence-electron chi connectivity index (χ3n) is 4.75. The van der Waals surface area contributed by atoms with Crippen LogP contribution in [0.2, 0.25) is 0 Å². The highest BCUT2D eigenvalue weighted by atomic mass is 32.2. The molecule has 1 spiro atoms. The highest BCUT2D eigenvalue weighted by Crippen LogP contribution is 2.63. The van der Waals surface area contributed by atoms with Gasteiger partial charge in [0.2, 0.25) is 0 Å². The summed E-state index contributed by atoms with van der Waals surface area (Å²) in [7, 11) is 0. The van der Waals surface area contributed by atoms with Crippen LogP contribution in [0, 0.1) is 5.41 Å². The smallest absolute Gasteiger partial charge is 0.281 e. The molecule has 3 rings (SSSR count). The molecule has 1 heterocycles. The number of hydrogen-bond donors (Lipinski definition) is 1. The Morgan fingerprint density at radius 1 is 1.05 bits per heavy atom. The van der Waals surface area contributed by atoms with Crippen LogP contribution in [0.4, 0.5) is 4.79 Å². The van der Waals surface area contributed by atoms with Crippen molar-refractivity contribution >= 4 is 28.8 Å². The minimum atomic E-state index is -0.353. The fourth-order valence-corrected chi connectivity index (χ4v) is 7.16. The first kappa shape index (κ1) is 16.3. The van der Waals surface area contributed by atoms with Crippen molar-refractivity contribution in [1.82, 2.24) is 5.32 Å². The number of benzene rings is 1. The monoisotopic (exact) mass is 335 g/mol. The molecule has 4 heteroatoms. The lowest BCUT2D eigenvalue weighted by Crippen LogP contribution is -2.57. The molecule has 1 aromatic rings. The Balaban J connectivity index is 2.07. The molecule has 1 aromatic carbocycles. The van der Waals surface area contributed by atoms with E-state index in [2.05, 4.69) is 50.4 Å². The highest BCUT2D eigenvalue weighted by Gasteiger charge is 2.55. The second-order valence-electron chi connectivity index (χ2n) is 7.39. The largest absolute Gasteiger partial charge is 0.328 e. The van der Waals surface area contributed by atoms with E-state index >= 15 is 0 Å². The van der Waals surface area contributed by atoms with Crippen LogP contribution in [0.15, 0.2) is 30.3 Å². The van der Waals surface area contributed by atoms with Gasteiger partial charge in [-0.3, -0.25) is 4.79 Å². The van der Waals surface area contributed by atoms with Crippen molar-refractivity contribution in [1.29, 1.82) is 0 Å². The summed E-state index contributed by atoms with van der Waals surface area (Å²) >= 11 is 3.53. The van der Waals surface area contributed by atoms with E-state index in [-0.39, 0.29) is 19.6 Å². The lowest BCUT2D eigenvalue weighted by Gasteiger charge is -2.54. The van der Waals surface area contributed by atoms with Crippen molar-refractivity contribution in [2.75, 3.05) is 0 Å². The van der Waals surface area contributed by atoms with Crippen molar-refractivity contribution in [3.05, 3.63) is 35.9 Å². The molecule has 2 nitrogen and oxygen atoms in total. The standard InChI is InChI=1S/C18H25NOS2/c1-16(2,3)18(14-10-6-4-7-11-14)19-15(20)21-17(22-18)12-8-5-9-13-17/h4,6-7,10-11H,5,8-9,12-13H2,1-3H3,(H,19,20)/t18-/m1/s1. The Morgan fingerprint density at radius 2 is 1.68 bits per heavy atom. The first-order valence-electron chi connectivity index (χ1n) is 8.14. The molecule has 0 aromatic heterocycles. The summed E-state index contributed by atoms with van der Waals surface area (Å²) in [5, 5.41) is 3.48. The predicted molar refractivity (Wildman–Crippen MR) is 97.1 cm³/mol. The fraction of sp³-hybridized carbons (Fsp3) is 0.611. The third kappa shape index (κ3) is 2.80. The molecule has 0 bridgehead atoms. The lowest BCUT2D eigenvalue weighted by molar-refractivity contribution is 0.218. The van der Waals surface area contributed by atoms with Crippen LogP contribution in [0.3, 0.4) is 0 Å². The van der Waals surface area contributed by atoms with Gasteiger partial charge >= 0.3 is 0 Å². The van der Waals surface area contributed by atoms with E-state index in [1.807, 2.05) is 17.8 Å². The van der Waals surface area contributed by atoms with Crippen LogP contribution in [0.25, 0.3) is 0 Å². The average Bonchev–Trinajstić information content (AvgIpc) is 2.47. The summed E-state index contributed by atoms with van der Waals surface area (Å²) in [5.74, 6) is 0. The molecule has 1 atom stereocenters. The molecule has 2 aliphatic rings. The van der Waals surface area contributed by atoms with Gasteiger partial charge in [0.25, 0.3) is 5.24 Å². The van der Waals surface area contributed by atoms with Gasteiger partial charge in [0.15, 0.2) is 0 Å². The first-order chi connectivity index (χ1) is 10.4. The van der Waals surface area contributed by atoms with E-state index in [1.54, 1.807) is 0 Å². The second-order valence-corrected chi connectivity index (χ2v) is 10.6. The molecule has 2 fully saturated rings. The van der Waals surface area contributed by atoms with Gasteiger partial charge in [-0.15, -0.1) is 11.8 Å². The van der Waals surface area contributed by atoms with Gasteiger partial charge in [-0.1, -0.05) is 70.4 Å². The summed E-state index contributed by atoms with van der Waals surface area (Å²) in [5.41, 5.74) is 1.16. The van der Waals surface area contributed by atoms with Gasteiger partial charge in [0.1, 0.15) is 4.87 Å². The van der Waals surface area contributed by atoms with Crippen LogP contribution in [-0.2, 0) is 4.87 Å². The molecule has 1 aliphatic carbocycles. The van der Waals surface area contributed by atoms with Gasteiger partial charge in [0.05, 0.1) is 4.08 Å². The van der Waals surface area contributed by atoms with E-state index in [0.29, 0.717) is 0 Å². The maximum atomic E-state index is 12.6. The zero-order chi connectivity index (χ0) is 15.8. The Hall–Kier alpha value is -0.610. The van der Waals surface area contributed by atoms with Gasteiger partial charge in [-0.25, -0.2) is 0 Å². The van der Waals surface area contributed by atoms with Crippen LogP contribution in [0.1, 0.15) is 58.4 Å². The van der Waals surface area contributed by atoms with E-state index < -0.39 is 0 Å². The Labute approximate surface area is 142 Å². The van der Waals surface area contributed by atoms with Crippen molar-refractivity contribution in [2.24, 2.45) is 5.41 Å². The summed E-state index contributed by atoms with van der Waals surface area (Å²) in [4.78, 5) is 12.3.